The van der Waals surface area contributed by atoms with Crippen molar-refractivity contribution in [2.75, 3.05) is 20.8 Å². The molecule has 0 bridgehead atoms. The Morgan fingerprint density at radius 3 is 2.69 bits per heavy atom. The topological polar surface area (TPSA) is 78.6 Å². The number of aromatic nitrogens is 1. The van der Waals surface area contributed by atoms with Gasteiger partial charge in [0.25, 0.3) is 0 Å². The molecule has 3 aromatic rings. The average molecular weight is 418 g/mol. The van der Waals surface area contributed by atoms with Gasteiger partial charge in [0.2, 0.25) is 5.75 Å². The molecular weight excluding hydrogens is 394 g/mol. The van der Waals surface area contributed by atoms with E-state index in [4.69, 9.17) is 9.47 Å². The van der Waals surface area contributed by atoms with E-state index in [0.29, 0.717) is 12.3 Å². The summed E-state index contributed by atoms with van der Waals surface area (Å²) in [5.41, 5.74) is 5.70. The van der Waals surface area contributed by atoms with Crippen LogP contribution in [0.25, 0.3) is 10.9 Å². The minimum absolute atomic E-state index is 0. The molecule has 154 valence electrons. The van der Waals surface area contributed by atoms with Gasteiger partial charge in [-0.05, 0) is 49.2 Å². The molecule has 2 aromatic carbocycles. The Kier molecular flexibility index (Phi) is 6.00. The first kappa shape index (κ1) is 21.0. The molecule has 0 radical (unpaired) electrons. The SMILES string of the molecule is COc1cc(Cn2c3c(c4cc(C)ccc42)CCNC3)cc([N+](=O)[O-])c1OC.Cl. The van der Waals surface area contributed by atoms with E-state index in [-0.39, 0.29) is 23.8 Å². The molecule has 8 heteroatoms. The van der Waals surface area contributed by atoms with Crippen LogP contribution >= 0.6 is 12.4 Å². The van der Waals surface area contributed by atoms with E-state index in [2.05, 4.69) is 35.0 Å². The van der Waals surface area contributed by atoms with E-state index < -0.39 is 4.92 Å². The lowest BCUT2D eigenvalue weighted by Gasteiger charge is -2.18. The van der Waals surface area contributed by atoms with Crippen molar-refractivity contribution in [2.24, 2.45) is 0 Å². The van der Waals surface area contributed by atoms with Gasteiger partial charge in [0.15, 0.2) is 5.75 Å². The fraction of sp³-hybridized carbons (Fsp3) is 0.333. The molecule has 0 saturated heterocycles. The fourth-order valence-electron chi connectivity index (χ4n) is 4.08. The number of aryl methyl sites for hydroxylation is 1. The van der Waals surface area contributed by atoms with E-state index in [0.717, 1.165) is 30.6 Å². The highest BCUT2D eigenvalue weighted by atomic mass is 35.5. The molecular formula is C21H24ClN3O4. The highest BCUT2D eigenvalue weighted by Gasteiger charge is 2.24. The Labute approximate surface area is 175 Å². The molecule has 7 nitrogen and oxygen atoms in total. The van der Waals surface area contributed by atoms with E-state index in [1.165, 1.54) is 36.4 Å². The summed E-state index contributed by atoms with van der Waals surface area (Å²) in [5.74, 6) is 0.513. The number of hydrogen-bond donors (Lipinski definition) is 1. The molecule has 4 rings (SSSR count). The second-order valence-corrected chi connectivity index (χ2v) is 7.07. The Hall–Kier alpha value is -2.77. The molecule has 0 unspecified atom stereocenters. The number of rotatable bonds is 5. The number of nitro benzene ring substituents is 1. The van der Waals surface area contributed by atoms with Crippen LogP contribution in [-0.2, 0) is 19.5 Å². The van der Waals surface area contributed by atoms with Crippen molar-refractivity contribution in [2.45, 2.75) is 26.4 Å². The summed E-state index contributed by atoms with van der Waals surface area (Å²) in [6, 6.07) is 9.86. The summed E-state index contributed by atoms with van der Waals surface area (Å²) >= 11 is 0. The Morgan fingerprint density at radius 2 is 2.00 bits per heavy atom. The minimum atomic E-state index is -0.432. The normalized spacial score (nSPS) is 12.9. The van der Waals surface area contributed by atoms with Gasteiger partial charge in [-0.3, -0.25) is 10.1 Å². The zero-order chi connectivity index (χ0) is 19.8. The second kappa shape index (κ2) is 8.31. The van der Waals surface area contributed by atoms with E-state index in [1.54, 1.807) is 6.07 Å². The molecule has 0 amide bonds. The molecule has 1 aliphatic heterocycles. The van der Waals surface area contributed by atoms with Crippen LogP contribution in [0, 0.1) is 17.0 Å². The van der Waals surface area contributed by atoms with Crippen LogP contribution in [0.5, 0.6) is 11.5 Å². The summed E-state index contributed by atoms with van der Waals surface area (Å²) in [5, 5.41) is 16.2. The van der Waals surface area contributed by atoms with Crippen LogP contribution in [0.4, 0.5) is 5.69 Å². The number of hydrogen-bond acceptors (Lipinski definition) is 5. The van der Waals surface area contributed by atoms with E-state index in [9.17, 15) is 10.1 Å². The molecule has 0 atom stereocenters. The number of fused-ring (bicyclic) bond motifs is 3. The van der Waals surface area contributed by atoms with Crippen molar-refractivity contribution in [3.8, 4) is 11.5 Å². The molecule has 2 heterocycles. The first-order valence-electron chi connectivity index (χ1n) is 9.24. The van der Waals surface area contributed by atoms with Crippen molar-refractivity contribution in [3.05, 3.63) is 62.8 Å². The maximum absolute atomic E-state index is 11.5. The van der Waals surface area contributed by atoms with Gasteiger partial charge < -0.3 is 19.4 Å². The van der Waals surface area contributed by atoms with Crippen molar-refractivity contribution in [1.29, 1.82) is 0 Å². The quantitative estimate of drug-likeness (QED) is 0.501. The summed E-state index contributed by atoms with van der Waals surface area (Å²) in [6.45, 7) is 4.38. The standard InChI is InChI=1S/C21H23N3O4.ClH/c1-13-4-5-17-16(8-13)15-6-7-22-11-19(15)23(17)12-14-9-18(24(25)26)21(28-3)20(10-14)27-2;/h4-5,8-10,22H,6-7,11-12H2,1-3H3;1H. The monoisotopic (exact) mass is 417 g/mol. The molecule has 0 aliphatic carbocycles. The number of nitrogens with zero attached hydrogens (tertiary/aromatic N) is 2. The number of benzene rings is 2. The van der Waals surface area contributed by atoms with Crippen LogP contribution in [0.1, 0.15) is 22.4 Å². The van der Waals surface area contributed by atoms with Crippen LogP contribution in [0.3, 0.4) is 0 Å². The molecule has 1 N–H and O–H groups in total. The number of halogens is 1. The molecule has 0 fully saturated rings. The maximum atomic E-state index is 11.5. The van der Waals surface area contributed by atoms with Crippen LogP contribution < -0.4 is 14.8 Å². The van der Waals surface area contributed by atoms with Crippen LogP contribution in [0.15, 0.2) is 30.3 Å². The highest BCUT2D eigenvalue weighted by Crippen LogP contribution is 2.39. The van der Waals surface area contributed by atoms with E-state index >= 15 is 0 Å². The van der Waals surface area contributed by atoms with Gasteiger partial charge in [-0.2, -0.15) is 0 Å². The Morgan fingerprint density at radius 1 is 1.21 bits per heavy atom. The lowest BCUT2D eigenvalue weighted by Crippen LogP contribution is -2.25. The number of methoxy groups -OCH3 is 2. The highest BCUT2D eigenvalue weighted by molar-refractivity contribution is 5.86. The predicted octanol–water partition coefficient (Wildman–Crippen LogP) is 3.99. The zero-order valence-corrected chi connectivity index (χ0v) is 17.5. The third-order valence-electron chi connectivity index (χ3n) is 5.34. The van der Waals surface area contributed by atoms with Crippen molar-refractivity contribution >= 4 is 29.0 Å². The van der Waals surface area contributed by atoms with Gasteiger partial charge in [-0.15, -0.1) is 12.4 Å². The largest absolute Gasteiger partial charge is 0.493 e. The Balaban J connectivity index is 0.00000240. The zero-order valence-electron chi connectivity index (χ0n) is 16.7. The third-order valence-corrected chi connectivity index (χ3v) is 5.34. The van der Waals surface area contributed by atoms with E-state index in [1.807, 2.05) is 6.07 Å². The third kappa shape index (κ3) is 3.63. The number of nitro groups is 1. The van der Waals surface area contributed by atoms with Crippen molar-refractivity contribution in [1.82, 2.24) is 9.88 Å². The molecule has 1 aliphatic rings. The van der Waals surface area contributed by atoms with Gasteiger partial charge in [0.05, 0.1) is 19.1 Å². The van der Waals surface area contributed by atoms with Crippen molar-refractivity contribution < 1.29 is 14.4 Å². The number of nitrogens with one attached hydrogen (secondary N) is 1. The van der Waals surface area contributed by atoms with Crippen LogP contribution in [0.2, 0.25) is 0 Å². The first-order valence-corrected chi connectivity index (χ1v) is 9.24. The maximum Gasteiger partial charge on any atom is 0.315 e. The second-order valence-electron chi connectivity index (χ2n) is 7.07. The number of ether oxygens (including phenoxy) is 2. The summed E-state index contributed by atoms with van der Waals surface area (Å²) in [4.78, 5) is 11.1. The van der Waals surface area contributed by atoms with Crippen LogP contribution in [-0.4, -0.2) is 30.3 Å². The summed E-state index contributed by atoms with van der Waals surface area (Å²) in [7, 11) is 2.90. The van der Waals surface area contributed by atoms with Gasteiger partial charge >= 0.3 is 5.69 Å². The predicted molar refractivity (Wildman–Crippen MR) is 115 cm³/mol. The fourth-order valence-corrected chi connectivity index (χ4v) is 4.08. The van der Waals surface area contributed by atoms with Crippen molar-refractivity contribution in [3.63, 3.8) is 0 Å². The summed E-state index contributed by atoms with van der Waals surface area (Å²) < 4.78 is 12.8. The molecule has 0 spiro atoms. The van der Waals surface area contributed by atoms with Gasteiger partial charge in [0, 0.05) is 35.8 Å². The average Bonchev–Trinajstić information content (AvgIpc) is 3.00. The smallest absolute Gasteiger partial charge is 0.315 e. The summed E-state index contributed by atoms with van der Waals surface area (Å²) in [6.07, 6.45) is 0.981. The molecule has 0 saturated carbocycles. The lowest BCUT2D eigenvalue weighted by atomic mass is 10.0. The minimum Gasteiger partial charge on any atom is -0.493 e. The molecule has 29 heavy (non-hydrogen) atoms. The first-order chi connectivity index (χ1) is 13.5. The van der Waals surface area contributed by atoms with Gasteiger partial charge in [-0.25, -0.2) is 0 Å². The Bertz CT molecular complexity index is 1080. The van der Waals surface area contributed by atoms with Gasteiger partial charge in [0.1, 0.15) is 0 Å². The molecule has 1 aromatic heterocycles. The lowest BCUT2D eigenvalue weighted by molar-refractivity contribution is -0.385. The van der Waals surface area contributed by atoms with Gasteiger partial charge in [-0.1, -0.05) is 11.6 Å².